The quantitative estimate of drug-likeness (QED) is 0.791. The number of amides is 3. The van der Waals surface area contributed by atoms with Crippen molar-refractivity contribution >= 4 is 11.9 Å². The van der Waals surface area contributed by atoms with Crippen molar-refractivity contribution in [2.45, 2.75) is 32.9 Å². The number of hydrogen-bond donors (Lipinski definition) is 1. The van der Waals surface area contributed by atoms with Crippen molar-refractivity contribution in [3.8, 4) is 0 Å². The van der Waals surface area contributed by atoms with Gasteiger partial charge in [0.1, 0.15) is 5.54 Å². The van der Waals surface area contributed by atoms with Gasteiger partial charge in [-0.1, -0.05) is 24.3 Å². The first-order valence-electron chi connectivity index (χ1n) is 5.60. The Balaban J connectivity index is 2.28. The molecule has 1 fully saturated rings. The van der Waals surface area contributed by atoms with Crippen LogP contribution in [-0.2, 0) is 11.3 Å². The van der Waals surface area contributed by atoms with E-state index in [1.54, 1.807) is 18.7 Å². The Morgan fingerprint density at radius 2 is 1.88 bits per heavy atom. The van der Waals surface area contributed by atoms with Crippen molar-refractivity contribution in [3.05, 3.63) is 35.4 Å². The first-order valence-corrected chi connectivity index (χ1v) is 5.60. The number of nitrogens with zero attached hydrogens (tertiary/aromatic N) is 1. The number of nitrogens with one attached hydrogen (secondary N) is 1. The summed E-state index contributed by atoms with van der Waals surface area (Å²) in [5.41, 5.74) is 1.40. The molecule has 0 unspecified atom stereocenters. The predicted molar refractivity (Wildman–Crippen MR) is 64.3 cm³/mol. The monoisotopic (exact) mass is 232 g/mol. The minimum Gasteiger partial charge on any atom is -0.306 e. The molecule has 1 N–H and O–H groups in total. The van der Waals surface area contributed by atoms with Gasteiger partial charge in [-0.25, -0.2) is 4.79 Å². The molecule has 0 atom stereocenters. The zero-order chi connectivity index (χ0) is 12.6. The van der Waals surface area contributed by atoms with Crippen LogP contribution in [0.3, 0.4) is 0 Å². The second-order valence-corrected chi connectivity index (χ2v) is 4.83. The largest absolute Gasteiger partial charge is 0.325 e. The molecular formula is C13H16N2O2. The number of benzene rings is 1. The zero-order valence-electron chi connectivity index (χ0n) is 10.3. The SMILES string of the molecule is Cc1ccccc1CN1C(=O)NC(=O)C1(C)C. The maximum Gasteiger partial charge on any atom is 0.325 e. The summed E-state index contributed by atoms with van der Waals surface area (Å²) in [5.74, 6) is -0.240. The van der Waals surface area contributed by atoms with Gasteiger partial charge in [0.25, 0.3) is 5.91 Å². The molecule has 4 nitrogen and oxygen atoms in total. The standard InChI is InChI=1S/C13H16N2O2/c1-9-6-4-5-7-10(9)8-15-12(17)14-11(16)13(15,2)3/h4-7H,8H2,1-3H3,(H,14,16,17). The molecule has 1 aromatic carbocycles. The van der Waals surface area contributed by atoms with E-state index in [0.717, 1.165) is 11.1 Å². The van der Waals surface area contributed by atoms with Gasteiger partial charge in [0.05, 0.1) is 0 Å². The summed E-state index contributed by atoms with van der Waals surface area (Å²) in [6.45, 7) is 5.96. The van der Waals surface area contributed by atoms with Crippen molar-refractivity contribution in [2.24, 2.45) is 0 Å². The molecule has 90 valence electrons. The van der Waals surface area contributed by atoms with Crippen LogP contribution in [0.25, 0.3) is 0 Å². The highest BCUT2D eigenvalue weighted by Gasteiger charge is 2.45. The van der Waals surface area contributed by atoms with Crippen LogP contribution in [-0.4, -0.2) is 22.4 Å². The highest BCUT2D eigenvalue weighted by atomic mass is 16.2. The van der Waals surface area contributed by atoms with Crippen molar-refractivity contribution < 1.29 is 9.59 Å². The van der Waals surface area contributed by atoms with E-state index in [2.05, 4.69) is 5.32 Å². The number of aryl methyl sites for hydroxylation is 1. The van der Waals surface area contributed by atoms with Crippen LogP contribution >= 0.6 is 0 Å². The van der Waals surface area contributed by atoms with Crippen LogP contribution in [0.15, 0.2) is 24.3 Å². The Bertz CT molecular complexity index is 480. The lowest BCUT2D eigenvalue weighted by molar-refractivity contribution is -0.125. The molecule has 0 spiro atoms. The van der Waals surface area contributed by atoms with Gasteiger partial charge in [-0.05, 0) is 31.9 Å². The highest BCUT2D eigenvalue weighted by molar-refractivity contribution is 6.06. The Kier molecular flexibility index (Phi) is 2.65. The molecule has 4 heteroatoms. The van der Waals surface area contributed by atoms with E-state index in [9.17, 15) is 9.59 Å². The molecule has 0 aromatic heterocycles. The van der Waals surface area contributed by atoms with Gasteiger partial charge < -0.3 is 4.90 Å². The average Bonchev–Trinajstić information content (AvgIpc) is 2.44. The maximum atomic E-state index is 11.7. The number of imide groups is 1. The smallest absolute Gasteiger partial charge is 0.306 e. The topological polar surface area (TPSA) is 49.4 Å². The number of carbonyl (C=O) groups excluding carboxylic acids is 2. The van der Waals surface area contributed by atoms with Gasteiger partial charge in [0.2, 0.25) is 0 Å². The molecule has 1 heterocycles. The van der Waals surface area contributed by atoms with Gasteiger partial charge in [0, 0.05) is 6.54 Å². The first kappa shape index (κ1) is 11.6. The molecule has 2 rings (SSSR count). The van der Waals surface area contributed by atoms with Crippen molar-refractivity contribution in [3.63, 3.8) is 0 Å². The molecular weight excluding hydrogens is 216 g/mol. The molecule has 0 bridgehead atoms. The Hall–Kier alpha value is -1.84. The van der Waals surface area contributed by atoms with Crippen LogP contribution < -0.4 is 5.32 Å². The molecule has 17 heavy (non-hydrogen) atoms. The lowest BCUT2D eigenvalue weighted by atomic mass is 10.0. The maximum absolute atomic E-state index is 11.7. The number of carbonyl (C=O) groups is 2. The van der Waals surface area contributed by atoms with E-state index in [1.165, 1.54) is 0 Å². The zero-order valence-corrected chi connectivity index (χ0v) is 10.3. The minimum atomic E-state index is -0.778. The molecule has 0 saturated carbocycles. The molecule has 1 aromatic rings. The minimum absolute atomic E-state index is 0.240. The summed E-state index contributed by atoms with van der Waals surface area (Å²) in [7, 11) is 0. The third kappa shape index (κ3) is 1.90. The van der Waals surface area contributed by atoms with Crippen LogP contribution in [0.4, 0.5) is 4.79 Å². The van der Waals surface area contributed by atoms with Crippen LogP contribution in [0, 0.1) is 6.92 Å². The van der Waals surface area contributed by atoms with Gasteiger partial charge in [-0.3, -0.25) is 10.1 Å². The van der Waals surface area contributed by atoms with E-state index in [4.69, 9.17) is 0 Å². The van der Waals surface area contributed by atoms with E-state index in [1.807, 2.05) is 31.2 Å². The normalized spacial score (nSPS) is 18.4. The lowest BCUT2D eigenvalue weighted by Gasteiger charge is -2.28. The summed E-state index contributed by atoms with van der Waals surface area (Å²) in [4.78, 5) is 24.9. The molecule has 1 aliphatic rings. The summed E-state index contributed by atoms with van der Waals surface area (Å²) in [6.07, 6.45) is 0. The van der Waals surface area contributed by atoms with Crippen LogP contribution in [0.2, 0.25) is 0 Å². The van der Waals surface area contributed by atoms with Gasteiger partial charge in [-0.2, -0.15) is 0 Å². The number of urea groups is 1. The Labute approximate surface area is 101 Å². The van der Waals surface area contributed by atoms with Crippen molar-refractivity contribution in [2.75, 3.05) is 0 Å². The number of rotatable bonds is 2. The van der Waals surface area contributed by atoms with E-state index in [-0.39, 0.29) is 11.9 Å². The molecule has 1 aliphatic heterocycles. The van der Waals surface area contributed by atoms with Gasteiger partial charge in [0.15, 0.2) is 0 Å². The molecule has 1 saturated heterocycles. The number of hydrogen-bond acceptors (Lipinski definition) is 2. The fraction of sp³-hybridized carbons (Fsp3) is 0.385. The molecule has 3 amide bonds. The fourth-order valence-corrected chi connectivity index (χ4v) is 1.92. The van der Waals surface area contributed by atoms with E-state index in [0.29, 0.717) is 6.54 Å². The average molecular weight is 232 g/mol. The fourth-order valence-electron chi connectivity index (χ4n) is 1.92. The van der Waals surface area contributed by atoms with Crippen molar-refractivity contribution in [1.82, 2.24) is 10.2 Å². The second kappa shape index (κ2) is 3.87. The molecule has 0 aliphatic carbocycles. The summed E-state index contributed by atoms with van der Waals surface area (Å²) < 4.78 is 0. The Morgan fingerprint density at radius 3 is 2.41 bits per heavy atom. The second-order valence-electron chi connectivity index (χ2n) is 4.83. The summed E-state index contributed by atoms with van der Waals surface area (Å²) >= 11 is 0. The third-order valence-corrected chi connectivity index (χ3v) is 3.29. The first-order chi connectivity index (χ1) is 7.93. The predicted octanol–water partition coefficient (Wildman–Crippen LogP) is 1.83. The van der Waals surface area contributed by atoms with Crippen LogP contribution in [0.5, 0.6) is 0 Å². The lowest BCUT2D eigenvalue weighted by Crippen LogP contribution is -2.43. The van der Waals surface area contributed by atoms with Crippen LogP contribution in [0.1, 0.15) is 25.0 Å². The van der Waals surface area contributed by atoms with Gasteiger partial charge >= 0.3 is 6.03 Å². The van der Waals surface area contributed by atoms with Gasteiger partial charge in [-0.15, -0.1) is 0 Å². The Morgan fingerprint density at radius 1 is 1.24 bits per heavy atom. The highest BCUT2D eigenvalue weighted by Crippen LogP contribution is 2.24. The molecule has 0 radical (unpaired) electrons. The summed E-state index contributed by atoms with van der Waals surface area (Å²) in [5, 5.41) is 2.34. The van der Waals surface area contributed by atoms with E-state index >= 15 is 0 Å². The summed E-state index contributed by atoms with van der Waals surface area (Å²) in [6, 6.07) is 7.55. The van der Waals surface area contributed by atoms with Crippen molar-refractivity contribution in [1.29, 1.82) is 0 Å². The third-order valence-electron chi connectivity index (χ3n) is 3.29. The van der Waals surface area contributed by atoms with E-state index < -0.39 is 5.54 Å².